The molecule has 0 aliphatic carbocycles. The lowest BCUT2D eigenvalue weighted by molar-refractivity contribution is 0.197. The van der Waals surface area contributed by atoms with E-state index in [-0.39, 0.29) is 11.0 Å². The van der Waals surface area contributed by atoms with Crippen molar-refractivity contribution in [3.8, 4) is 17.3 Å². The molecule has 5 aromatic rings. The lowest BCUT2D eigenvalue weighted by atomic mass is 9.99. The van der Waals surface area contributed by atoms with E-state index in [1.54, 1.807) is 12.3 Å². The van der Waals surface area contributed by atoms with Gasteiger partial charge < -0.3 is 9.15 Å². The number of aromatic nitrogens is 2. The molecule has 7 heteroatoms. The number of rotatable bonds is 5. The fourth-order valence-electron chi connectivity index (χ4n) is 3.65. The Labute approximate surface area is 211 Å². The van der Waals surface area contributed by atoms with Crippen molar-refractivity contribution in [3.05, 3.63) is 93.2 Å². The Kier molecular flexibility index (Phi) is 6.03. The van der Waals surface area contributed by atoms with Crippen molar-refractivity contribution >= 4 is 44.0 Å². The Balaban J connectivity index is 1.65. The number of nitrogens with zero attached hydrogens (tertiary/aromatic N) is 3. The second-order valence-corrected chi connectivity index (χ2v) is 10.4. The van der Waals surface area contributed by atoms with Gasteiger partial charge in [0.25, 0.3) is 5.56 Å². The standard InChI is InChI=1S/C28H24BrN3O3/c1-28(2,3)17-34-23-13-12-20(29)14-19(23)16-30-32-26(25-15-18-8-4-7-11-24(18)35-25)31-22-10-6-5-9-21(22)27(32)33/h4-16H,17H2,1-3H3. The van der Waals surface area contributed by atoms with Gasteiger partial charge in [0.05, 0.1) is 23.7 Å². The van der Waals surface area contributed by atoms with Crippen LogP contribution in [0, 0.1) is 5.41 Å². The van der Waals surface area contributed by atoms with E-state index in [0.29, 0.717) is 40.4 Å². The molecule has 0 aliphatic rings. The van der Waals surface area contributed by atoms with Crippen LogP contribution >= 0.6 is 15.9 Å². The molecule has 0 spiro atoms. The Morgan fingerprint density at radius 2 is 1.83 bits per heavy atom. The maximum atomic E-state index is 13.5. The highest BCUT2D eigenvalue weighted by molar-refractivity contribution is 9.10. The maximum Gasteiger partial charge on any atom is 0.282 e. The predicted molar refractivity (Wildman–Crippen MR) is 143 cm³/mol. The third kappa shape index (κ3) is 4.91. The van der Waals surface area contributed by atoms with E-state index in [4.69, 9.17) is 14.1 Å². The zero-order valence-corrected chi connectivity index (χ0v) is 21.2. The zero-order chi connectivity index (χ0) is 24.6. The average molecular weight is 530 g/mol. The number of ether oxygens (including phenoxy) is 1. The van der Waals surface area contributed by atoms with Gasteiger partial charge in [0.1, 0.15) is 11.3 Å². The van der Waals surface area contributed by atoms with Gasteiger partial charge in [0, 0.05) is 15.4 Å². The van der Waals surface area contributed by atoms with Crippen molar-refractivity contribution in [3.63, 3.8) is 0 Å². The number of fused-ring (bicyclic) bond motifs is 2. The van der Waals surface area contributed by atoms with Crippen molar-refractivity contribution < 1.29 is 9.15 Å². The van der Waals surface area contributed by atoms with E-state index in [9.17, 15) is 4.79 Å². The summed E-state index contributed by atoms with van der Waals surface area (Å²) in [4.78, 5) is 18.2. The Bertz CT molecular complexity index is 1590. The van der Waals surface area contributed by atoms with Crippen LogP contribution in [0.5, 0.6) is 5.75 Å². The third-order valence-corrected chi connectivity index (χ3v) is 5.84. The second kappa shape index (κ2) is 9.15. The fourth-order valence-corrected chi connectivity index (χ4v) is 4.03. The van der Waals surface area contributed by atoms with Crippen molar-refractivity contribution in [1.29, 1.82) is 0 Å². The summed E-state index contributed by atoms with van der Waals surface area (Å²) in [5, 5.41) is 5.97. The number of halogens is 1. The van der Waals surface area contributed by atoms with Crippen LogP contribution in [0.25, 0.3) is 33.5 Å². The Morgan fingerprint density at radius 1 is 1.06 bits per heavy atom. The number of para-hydroxylation sites is 2. The van der Waals surface area contributed by atoms with Gasteiger partial charge in [-0.05, 0) is 47.9 Å². The highest BCUT2D eigenvalue weighted by Crippen LogP contribution is 2.28. The van der Waals surface area contributed by atoms with E-state index in [0.717, 1.165) is 15.4 Å². The molecule has 5 rings (SSSR count). The lowest BCUT2D eigenvalue weighted by Crippen LogP contribution is -2.20. The number of hydrogen-bond donors (Lipinski definition) is 0. The molecule has 0 fully saturated rings. The summed E-state index contributed by atoms with van der Waals surface area (Å²) in [6.45, 7) is 6.87. The van der Waals surface area contributed by atoms with Crippen molar-refractivity contribution in [2.75, 3.05) is 6.61 Å². The molecule has 3 aromatic carbocycles. The highest BCUT2D eigenvalue weighted by Gasteiger charge is 2.17. The molecular weight excluding hydrogens is 506 g/mol. The molecular formula is C28H24BrN3O3. The van der Waals surface area contributed by atoms with E-state index < -0.39 is 0 Å². The van der Waals surface area contributed by atoms with Crippen LogP contribution in [-0.2, 0) is 0 Å². The van der Waals surface area contributed by atoms with Gasteiger partial charge in [-0.15, -0.1) is 0 Å². The third-order valence-electron chi connectivity index (χ3n) is 5.34. The van der Waals surface area contributed by atoms with Crippen LogP contribution in [0.1, 0.15) is 26.3 Å². The molecule has 0 atom stereocenters. The van der Waals surface area contributed by atoms with Gasteiger partial charge in [-0.1, -0.05) is 67.0 Å². The summed E-state index contributed by atoms with van der Waals surface area (Å²) in [5.41, 5.74) is 1.74. The Hall–Kier alpha value is -3.71. The molecule has 2 aromatic heterocycles. The molecule has 0 N–H and O–H groups in total. The van der Waals surface area contributed by atoms with Crippen LogP contribution in [0.15, 0.2) is 91.6 Å². The minimum absolute atomic E-state index is 0.00481. The summed E-state index contributed by atoms with van der Waals surface area (Å²) in [7, 11) is 0. The monoisotopic (exact) mass is 529 g/mol. The van der Waals surface area contributed by atoms with Gasteiger partial charge in [-0.2, -0.15) is 9.78 Å². The fraction of sp³-hybridized carbons (Fsp3) is 0.179. The van der Waals surface area contributed by atoms with Crippen molar-refractivity contribution in [1.82, 2.24) is 9.66 Å². The molecule has 0 amide bonds. The molecule has 35 heavy (non-hydrogen) atoms. The Morgan fingerprint density at radius 3 is 2.63 bits per heavy atom. The van der Waals surface area contributed by atoms with E-state index in [1.165, 1.54) is 4.68 Å². The van der Waals surface area contributed by atoms with E-state index in [1.807, 2.05) is 66.7 Å². The molecule has 0 aliphatic heterocycles. The van der Waals surface area contributed by atoms with Gasteiger partial charge in [0.2, 0.25) is 5.82 Å². The van der Waals surface area contributed by atoms with Crippen LogP contribution in [0.4, 0.5) is 0 Å². The largest absolute Gasteiger partial charge is 0.492 e. The van der Waals surface area contributed by atoms with Gasteiger partial charge >= 0.3 is 0 Å². The first kappa shape index (κ1) is 23.1. The van der Waals surface area contributed by atoms with Crippen LogP contribution in [0.2, 0.25) is 0 Å². The minimum Gasteiger partial charge on any atom is -0.492 e. The summed E-state index contributed by atoms with van der Waals surface area (Å²) >= 11 is 3.52. The first-order valence-corrected chi connectivity index (χ1v) is 12.1. The van der Waals surface area contributed by atoms with Gasteiger partial charge in [-0.25, -0.2) is 4.98 Å². The quantitative estimate of drug-likeness (QED) is 0.232. The SMILES string of the molecule is CC(C)(C)COc1ccc(Br)cc1C=Nn1c(-c2cc3ccccc3o2)nc2ccccc2c1=O. The number of hydrogen-bond acceptors (Lipinski definition) is 5. The lowest BCUT2D eigenvalue weighted by Gasteiger charge is -2.19. The molecule has 0 unspecified atom stereocenters. The van der Waals surface area contributed by atoms with Crippen molar-refractivity contribution in [2.45, 2.75) is 20.8 Å². The zero-order valence-electron chi connectivity index (χ0n) is 19.7. The van der Waals surface area contributed by atoms with Crippen LogP contribution < -0.4 is 10.3 Å². The number of furan rings is 1. The first-order valence-electron chi connectivity index (χ1n) is 11.3. The van der Waals surface area contributed by atoms with Gasteiger partial charge in [-0.3, -0.25) is 4.79 Å². The normalized spacial score (nSPS) is 12.1. The van der Waals surface area contributed by atoms with Gasteiger partial charge in [0.15, 0.2) is 5.76 Å². The molecule has 0 bridgehead atoms. The second-order valence-electron chi connectivity index (χ2n) is 9.49. The summed E-state index contributed by atoms with van der Waals surface area (Å²) in [6.07, 6.45) is 1.62. The number of benzene rings is 3. The first-order chi connectivity index (χ1) is 16.8. The average Bonchev–Trinajstić information content (AvgIpc) is 3.26. The maximum absolute atomic E-state index is 13.5. The molecule has 176 valence electrons. The highest BCUT2D eigenvalue weighted by atomic mass is 79.9. The van der Waals surface area contributed by atoms with E-state index in [2.05, 4.69) is 41.8 Å². The summed E-state index contributed by atoms with van der Waals surface area (Å²) < 4.78 is 14.3. The summed E-state index contributed by atoms with van der Waals surface area (Å²) in [6, 6.07) is 22.5. The molecule has 0 saturated carbocycles. The smallest absolute Gasteiger partial charge is 0.282 e. The molecule has 6 nitrogen and oxygen atoms in total. The predicted octanol–water partition coefficient (Wildman–Crippen LogP) is 6.88. The molecule has 0 saturated heterocycles. The summed E-state index contributed by atoms with van der Waals surface area (Å²) in [5.74, 6) is 1.47. The molecule has 2 heterocycles. The minimum atomic E-state index is -0.283. The topological polar surface area (TPSA) is 69.6 Å². The van der Waals surface area contributed by atoms with Crippen LogP contribution in [0.3, 0.4) is 0 Å². The van der Waals surface area contributed by atoms with Crippen LogP contribution in [-0.4, -0.2) is 22.5 Å². The molecule has 0 radical (unpaired) electrons. The van der Waals surface area contributed by atoms with E-state index >= 15 is 0 Å². The van der Waals surface area contributed by atoms with Crippen molar-refractivity contribution in [2.24, 2.45) is 10.5 Å².